The maximum Gasteiger partial charge on any atom is 0.416 e. The molecule has 0 heterocycles. The summed E-state index contributed by atoms with van der Waals surface area (Å²) in [6.07, 6.45) is -3.03. The van der Waals surface area contributed by atoms with Crippen LogP contribution in [0.5, 0.6) is 0 Å². The third-order valence-corrected chi connectivity index (χ3v) is 3.23. The van der Waals surface area contributed by atoms with Crippen molar-refractivity contribution in [1.82, 2.24) is 4.90 Å². The lowest BCUT2D eigenvalue weighted by atomic mass is 10.1. The molecule has 0 aliphatic heterocycles. The lowest BCUT2D eigenvalue weighted by Crippen LogP contribution is -2.26. The van der Waals surface area contributed by atoms with Gasteiger partial charge in [0.25, 0.3) is 0 Å². The highest BCUT2D eigenvalue weighted by Gasteiger charge is 2.31. The number of hydrogen-bond donors (Lipinski definition) is 1. The summed E-state index contributed by atoms with van der Waals surface area (Å²) in [5.41, 5.74) is -0.398. The van der Waals surface area contributed by atoms with E-state index in [2.05, 4.69) is 0 Å². The minimum absolute atomic E-state index is 0.317. The molecule has 100 valence electrons. The van der Waals surface area contributed by atoms with Crippen molar-refractivity contribution in [2.24, 2.45) is 0 Å². The second kappa shape index (κ2) is 4.90. The molecule has 0 radical (unpaired) electrons. The van der Waals surface area contributed by atoms with E-state index in [1.807, 2.05) is 11.9 Å². The molecule has 1 unspecified atom stereocenters. The molecule has 18 heavy (non-hydrogen) atoms. The lowest BCUT2D eigenvalue weighted by molar-refractivity contribution is -0.137. The smallest absolute Gasteiger partial charge is 0.387 e. The Kier molecular flexibility index (Phi) is 3.64. The molecule has 1 aliphatic rings. The molecule has 1 aromatic rings. The molecule has 5 heteroatoms. The third-order valence-electron chi connectivity index (χ3n) is 3.23. The molecule has 2 nitrogen and oxygen atoms in total. The summed E-state index contributed by atoms with van der Waals surface area (Å²) in [6.45, 7) is 0.367. The summed E-state index contributed by atoms with van der Waals surface area (Å²) >= 11 is 0. The van der Waals surface area contributed by atoms with Gasteiger partial charge >= 0.3 is 6.18 Å². The molecule has 0 aromatic heterocycles. The first-order valence-electron chi connectivity index (χ1n) is 5.93. The van der Waals surface area contributed by atoms with Gasteiger partial charge in [0.2, 0.25) is 0 Å². The number of likely N-dealkylation sites (N-methyl/N-ethyl adjacent to an activating group) is 1. The van der Waals surface area contributed by atoms with Gasteiger partial charge in [-0.05, 0) is 37.6 Å². The van der Waals surface area contributed by atoms with Crippen molar-refractivity contribution in [1.29, 1.82) is 0 Å². The summed E-state index contributed by atoms with van der Waals surface area (Å²) in [5, 5.41) is 9.95. The lowest BCUT2D eigenvalue weighted by Gasteiger charge is -2.20. The van der Waals surface area contributed by atoms with Crippen molar-refractivity contribution >= 4 is 0 Å². The van der Waals surface area contributed by atoms with Gasteiger partial charge in [0.15, 0.2) is 0 Å². The van der Waals surface area contributed by atoms with Crippen molar-refractivity contribution in [3.05, 3.63) is 35.4 Å². The van der Waals surface area contributed by atoms with E-state index in [1.54, 1.807) is 0 Å². The molecule has 0 amide bonds. The van der Waals surface area contributed by atoms with Crippen LogP contribution in [0.25, 0.3) is 0 Å². The molecule has 0 bridgehead atoms. The first-order chi connectivity index (χ1) is 8.38. The van der Waals surface area contributed by atoms with Gasteiger partial charge < -0.3 is 10.0 Å². The van der Waals surface area contributed by atoms with Gasteiger partial charge in [-0.3, -0.25) is 0 Å². The normalized spacial score (nSPS) is 18.1. The van der Waals surface area contributed by atoms with E-state index in [-0.39, 0.29) is 0 Å². The van der Waals surface area contributed by atoms with Crippen LogP contribution in [-0.2, 0) is 6.18 Å². The van der Waals surface area contributed by atoms with Crippen molar-refractivity contribution in [3.63, 3.8) is 0 Å². The Bertz CT molecular complexity index is 415. The van der Waals surface area contributed by atoms with Crippen LogP contribution in [0.4, 0.5) is 13.2 Å². The number of halogens is 3. The second-order valence-electron chi connectivity index (χ2n) is 4.81. The number of benzene rings is 1. The zero-order valence-corrected chi connectivity index (χ0v) is 10.1. The zero-order valence-electron chi connectivity index (χ0n) is 10.1. The SMILES string of the molecule is CN(CC(O)c1cccc(C(F)(F)F)c1)C1CC1. The average molecular weight is 259 g/mol. The monoisotopic (exact) mass is 259 g/mol. The number of alkyl halides is 3. The van der Waals surface area contributed by atoms with Crippen LogP contribution in [0.1, 0.15) is 30.1 Å². The quantitative estimate of drug-likeness (QED) is 0.898. The van der Waals surface area contributed by atoms with Gasteiger partial charge in [0.1, 0.15) is 0 Å². The predicted molar refractivity (Wildman–Crippen MR) is 62.1 cm³/mol. The number of hydrogen-bond acceptors (Lipinski definition) is 2. The Morgan fingerprint density at radius 1 is 1.39 bits per heavy atom. The van der Waals surface area contributed by atoms with E-state index in [0.29, 0.717) is 18.2 Å². The minimum atomic E-state index is -4.36. The molecular weight excluding hydrogens is 243 g/mol. The molecular formula is C13H16F3NO. The minimum Gasteiger partial charge on any atom is -0.387 e. The topological polar surface area (TPSA) is 23.5 Å². The van der Waals surface area contributed by atoms with E-state index >= 15 is 0 Å². The predicted octanol–water partition coefficient (Wildman–Crippen LogP) is 2.83. The van der Waals surface area contributed by atoms with Crippen LogP contribution in [0.15, 0.2) is 24.3 Å². The van der Waals surface area contributed by atoms with Gasteiger partial charge in [-0.1, -0.05) is 12.1 Å². The maximum absolute atomic E-state index is 12.5. The van der Waals surface area contributed by atoms with E-state index in [1.165, 1.54) is 12.1 Å². The van der Waals surface area contributed by atoms with E-state index in [4.69, 9.17) is 0 Å². The molecule has 2 rings (SSSR count). The van der Waals surface area contributed by atoms with Crippen molar-refractivity contribution in [2.45, 2.75) is 31.2 Å². The molecule has 1 fully saturated rings. The fraction of sp³-hybridized carbons (Fsp3) is 0.538. The average Bonchev–Trinajstić information content (AvgIpc) is 3.11. The fourth-order valence-corrected chi connectivity index (χ4v) is 1.96. The number of nitrogens with zero attached hydrogens (tertiary/aromatic N) is 1. The van der Waals surface area contributed by atoms with Gasteiger partial charge in [0, 0.05) is 12.6 Å². The van der Waals surface area contributed by atoms with Gasteiger partial charge in [-0.25, -0.2) is 0 Å². The summed E-state index contributed by atoms with van der Waals surface area (Å²) in [7, 11) is 1.88. The van der Waals surface area contributed by atoms with Crippen molar-refractivity contribution in [2.75, 3.05) is 13.6 Å². The van der Waals surface area contributed by atoms with Crippen LogP contribution in [-0.4, -0.2) is 29.6 Å². The molecule has 0 spiro atoms. The molecule has 1 saturated carbocycles. The second-order valence-corrected chi connectivity index (χ2v) is 4.81. The largest absolute Gasteiger partial charge is 0.416 e. The molecule has 1 N–H and O–H groups in total. The van der Waals surface area contributed by atoms with Crippen LogP contribution in [0, 0.1) is 0 Å². The van der Waals surface area contributed by atoms with Crippen LogP contribution in [0.3, 0.4) is 0 Å². The van der Waals surface area contributed by atoms with Crippen molar-refractivity contribution < 1.29 is 18.3 Å². The molecule has 1 aliphatic carbocycles. The number of rotatable bonds is 4. The number of aliphatic hydroxyl groups excluding tert-OH is 1. The summed E-state index contributed by atoms with van der Waals surface area (Å²) in [5.74, 6) is 0. The van der Waals surface area contributed by atoms with Crippen molar-refractivity contribution in [3.8, 4) is 0 Å². The highest BCUT2D eigenvalue weighted by atomic mass is 19.4. The van der Waals surface area contributed by atoms with Gasteiger partial charge in [0.05, 0.1) is 11.7 Å². The van der Waals surface area contributed by atoms with E-state index in [0.717, 1.165) is 25.0 Å². The summed E-state index contributed by atoms with van der Waals surface area (Å²) in [6, 6.07) is 5.37. The van der Waals surface area contributed by atoms with E-state index in [9.17, 15) is 18.3 Å². The van der Waals surface area contributed by atoms with Crippen LogP contribution >= 0.6 is 0 Å². The summed E-state index contributed by atoms with van der Waals surface area (Å²) < 4.78 is 37.6. The van der Waals surface area contributed by atoms with Gasteiger partial charge in [-0.15, -0.1) is 0 Å². The highest BCUT2D eigenvalue weighted by molar-refractivity contribution is 5.27. The summed E-state index contributed by atoms with van der Waals surface area (Å²) in [4.78, 5) is 1.99. The molecule has 1 atom stereocenters. The Morgan fingerprint density at radius 3 is 2.61 bits per heavy atom. The molecule has 1 aromatic carbocycles. The fourth-order valence-electron chi connectivity index (χ4n) is 1.96. The zero-order chi connectivity index (χ0) is 13.3. The van der Waals surface area contributed by atoms with Gasteiger partial charge in [-0.2, -0.15) is 13.2 Å². The Hall–Kier alpha value is -1.07. The Labute approximate surface area is 104 Å². The van der Waals surface area contributed by atoms with Crippen LogP contribution in [0.2, 0.25) is 0 Å². The third kappa shape index (κ3) is 3.23. The molecule has 0 saturated heterocycles. The maximum atomic E-state index is 12.5. The Morgan fingerprint density at radius 2 is 2.06 bits per heavy atom. The Balaban J connectivity index is 2.07. The van der Waals surface area contributed by atoms with E-state index < -0.39 is 17.8 Å². The highest BCUT2D eigenvalue weighted by Crippen LogP contribution is 2.31. The first-order valence-corrected chi connectivity index (χ1v) is 5.93. The number of aliphatic hydroxyl groups is 1. The standard InChI is InChI=1S/C13H16F3NO/c1-17(11-5-6-11)8-12(18)9-3-2-4-10(7-9)13(14,15)16/h2-4,7,11-12,18H,5-6,8H2,1H3. The first kappa shape index (κ1) is 13.4. The van der Waals surface area contributed by atoms with Crippen LogP contribution < -0.4 is 0 Å².